The van der Waals surface area contributed by atoms with Crippen LogP contribution in [0.2, 0.25) is 0 Å². The van der Waals surface area contributed by atoms with E-state index in [2.05, 4.69) is 10.4 Å². The van der Waals surface area contributed by atoms with Crippen LogP contribution in [0, 0.1) is 6.92 Å². The number of aromatic nitrogens is 2. The average Bonchev–Trinajstić information content (AvgIpc) is 2.60. The summed E-state index contributed by atoms with van der Waals surface area (Å²) in [5.41, 5.74) is 0.797. The summed E-state index contributed by atoms with van der Waals surface area (Å²) >= 11 is 0. The Bertz CT molecular complexity index is 433. The van der Waals surface area contributed by atoms with Crippen LogP contribution in [-0.4, -0.2) is 27.4 Å². The molecule has 0 saturated carbocycles. The number of nitrogens with zero attached hydrogens (tertiary/aromatic N) is 2. The van der Waals surface area contributed by atoms with Gasteiger partial charge in [-0.2, -0.15) is 5.10 Å². The Morgan fingerprint density at radius 2 is 2.35 bits per heavy atom. The predicted octanol–water partition coefficient (Wildman–Crippen LogP) is 1.25. The highest BCUT2D eigenvalue weighted by Gasteiger charge is 2.06. The Balaban J connectivity index is 2.70. The molecule has 0 aliphatic heterocycles. The Hall–Kier alpha value is -1.88. The van der Waals surface area contributed by atoms with E-state index < -0.39 is 0 Å². The fraction of sp³-hybridized carbons (Fsp3) is 0.333. The van der Waals surface area contributed by atoms with Crippen LogP contribution < -0.4 is 5.32 Å². The molecule has 0 fully saturated rings. The van der Waals surface area contributed by atoms with Crippen LogP contribution in [0.25, 0.3) is 0 Å². The average molecular weight is 235 g/mol. The van der Waals surface area contributed by atoms with Crippen molar-refractivity contribution in [2.45, 2.75) is 20.4 Å². The first-order valence-electron chi connectivity index (χ1n) is 5.43. The summed E-state index contributed by atoms with van der Waals surface area (Å²) < 4.78 is 1.57. The molecule has 0 radical (unpaired) electrons. The standard InChI is InChI=1S/C12H17N3O2/c1-3-4-5-6-12(17)13-11-9-10(2)14-15(11)7-8-16/h3-6,9,16H,7-8H2,1-2H3,(H,13,17)/b4-3+,6-5+. The van der Waals surface area contributed by atoms with E-state index in [1.54, 1.807) is 22.9 Å². The summed E-state index contributed by atoms with van der Waals surface area (Å²) in [5, 5.41) is 15.7. The molecule has 0 aliphatic carbocycles. The lowest BCUT2D eigenvalue weighted by atomic mass is 10.4. The summed E-state index contributed by atoms with van der Waals surface area (Å²) in [6.07, 6.45) is 6.71. The molecule has 5 nitrogen and oxygen atoms in total. The summed E-state index contributed by atoms with van der Waals surface area (Å²) in [6, 6.07) is 1.76. The minimum absolute atomic E-state index is 0.0155. The van der Waals surface area contributed by atoms with Crippen LogP contribution in [-0.2, 0) is 11.3 Å². The molecule has 1 heterocycles. The molecule has 0 spiro atoms. The fourth-order valence-corrected chi connectivity index (χ4v) is 1.33. The van der Waals surface area contributed by atoms with Crippen LogP contribution in [0.4, 0.5) is 5.82 Å². The van der Waals surface area contributed by atoms with Crippen LogP contribution in [0.3, 0.4) is 0 Å². The van der Waals surface area contributed by atoms with Crippen molar-refractivity contribution in [3.8, 4) is 0 Å². The first-order chi connectivity index (χ1) is 8.17. The first kappa shape index (κ1) is 13.2. The molecule has 0 unspecified atom stereocenters. The summed E-state index contributed by atoms with van der Waals surface area (Å²) in [6.45, 7) is 4.06. The predicted molar refractivity (Wildman–Crippen MR) is 66.6 cm³/mol. The van der Waals surface area contributed by atoms with Gasteiger partial charge in [0.1, 0.15) is 5.82 Å². The van der Waals surface area contributed by atoms with E-state index in [-0.39, 0.29) is 12.5 Å². The molecule has 0 aromatic carbocycles. The zero-order chi connectivity index (χ0) is 12.7. The van der Waals surface area contributed by atoms with E-state index in [1.807, 2.05) is 19.9 Å². The quantitative estimate of drug-likeness (QED) is 0.596. The third-order valence-electron chi connectivity index (χ3n) is 2.02. The second-order valence-electron chi connectivity index (χ2n) is 3.49. The lowest BCUT2D eigenvalue weighted by molar-refractivity contribution is -0.112. The molecular formula is C12H17N3O2. The van der Waals surface area contributed by atoms with E-state index in [0.717, 1.165) is 5.69 Å². The zero-order valence-electron chi connectivity index (χ0n) is 10.1. The zero-order valence-corrected chi connectivity index (χ0v) is 10.1. The molecule has 1 aromatic rings. The van der Waals surface area contributed by atoms with Crippen molar-refractivity contribution < 1.29 is 9.90 Å². The highest BCUT2D eigenvalue weighted by atomic mass is 16.3. The molecule has 1 rings (SSSR count). The minimum Gasteiger partial charge on any atom is -0.394 e. The number of anilines is 1. The highest BCUT2D eigenvalue weighted by molar-refractivity contribution is 5.98. The van der Waals surface area contributed by atoms with Gasteiger partial charge in [-0.1, -0.05) is 18.2 Å². The van der Waals surface area contributed by atoms with E-state index in [1.165, 1.54) is 6.08 Å². The Kier molecular flexibility index (Phi) is 5.16. The van der Waals surface area contributed by atoms with Gasteiger partial charge in [0.05, 0.1) is 18.8 Å². The van der Waals surface area contributed by atoms with E-state index in [9.17, 15) is 4.79 Å². The number of carbonyl (C=O) groups excluding carboxylic acids is 1. The topological polar surface area (TPSA) is 67.2 Å². The second kappa shape index (κ2) is 6.65. The molecule has 17 heavy (non-hydrogen) atoms. The molecule has 0 aliphatic rings. The smallest absolute Gasteiger partial charge is 0.249 e. The van der Waals surface area contributed by atoms with Gasteiger partial charge in [0.2, 0.25) is 5.91 Å². The van der Waals surface area contributed by atoms with Gasteiger partial charge in [0.15, 0.2) is 0 Å². The molecule has 0 saturated heterocycles. The first-order valence-corrected chi connectivity index (χ1v) is 5.43. The van der Waals surface area contributed by atoms with Gasteiger partial charge in [-0.3, -0.25) is 4.79 Å². The number of nitrogens with one attached hydrogen (secondary N) is 1. The van der Waals surface area contributed by atoms with Gasteiger partial charge >= 0.3 is 0 Å². The number of carbonyl (C=O) groups is 1. The number of hydrogen-bond donors (Lipinski definition) is 2. The molecule has 92 valence electrons. The van der Waals surface area contributed by atoms with E-state index >= 15 is 0 Å². The SMILES string of the molecule is C/C=C/C=C/C(=O)Nc1cc(C)nn1CCO. The fourth-order valence-electron chi connectivity index (χ4n) is 1.33. The molecule has 0 atom stereocenters. The van der Waals surface area contributed by atoms with Crippen molar-refractivity contribution in [3.63, 3.8) is 0 Å². The lowest BCUT2D eigenvalue weighted by Crippen LogP contribution is -2.14. The van der Waals surface area contributed by atoms with Crippen molar-refractivity contribution in [1.29, 1.82) is 0 Å². The van der Waals surface area contributed by atoms with Gasteiger partial charge in [0, 0.05) is 12.1 Å². The third-order valence-corrected chi connectivity index (χ3v) is 2.02. The van der Waals surface area contributed by atoms with Crippen LogP contribution in [0.5, 0.6) is 0 Å². The van der Waals surface area contributed by atoms with Crippen LogP contribution in [0.1, 0.15) is 12.6 Å². The van der Waals surface area contributed by atoms with Gasteiger partial charge in [-0.15, -0.1) is 0 Å². The maximum Gasteiger partial charge on any atom is 0.249 e. The summed E-state index contributed by atoms with van der Waals surface area (Å²) in [4.78, 5) is 11.5. The molecule has 1 aromatic heterocycles. The van der Waals surface area contributed by atoms with E-state index in [4.69, 9.17) is 5.11 Å². The van der Waals surface area contributed by atoms with Crippen molar-refractivity contribution in [1.82, 2.24) is 9.78 Å². The molecule has 0 bridgehead atoms. The maximum atomic E-state index is 11.5. The molecule has 5 heteroatoms. The number of allylic oxidation sites excluding steroid dienone is 3. The number of amides is 1. The second-order valence-corrected chi connectivity index (χ2v) is 3.49. The van der Waals surface area contributed by atoms with Gasteiger partial charge in [0.25, 0.3) is 0 Å². The van der Waals surface area contributed by atoms with Gasteiger partial charge < -0.3 is 10.4 Å². The van der Waals surface area contributed by atoms with Crippen LogP contribution in [0.15, 0.2) is 30.4 Å². The number of aliphatic hydroxyl groups excluding tert-OH is 1. The van der Waals surface area contributed by atoms with E-state index in [0.29, 0.717) is 12.4 Å². The van der Waals surface area contributed by atoms with Crippen molar-refractivity contribution in [2.75, 3.05) is 11.9 Å². The molecule has 1 amide bonds. The largest absolute Gasteiger partial charge is 0.394 e. The third kappa shape index (κ3) is 4.24. The number of aliphatic hydroxyl groups is 1. The minimum atomic E-state index is -0.220. The number of aryl methyl sites for hydroxylation is 1. The van der Waals surface area contributed by atoms with Gasteiger partial charge in [-0.25, -0.2) is 4.68 Å². The van der Waals surface area contributed by atoms with Crippen LogP contribution >= 0.6 is 0 Å². The molecular weight excluding hydrogens is 218 g/mol. The number of hydrogen-bond acceptors (Lipinski definition) is 3. The summed E-state index contributed by atoms with van der Waals surface area (Å²) in [5.74, 6) is 0.369. The van der Waals surface area contributed by atoms with Crippen molar-refractivity contribution in [2.24, 2.45) is 0 Å². The van der Waals surface area contributed by atoms with Gasteiger partial charge in [-0.05, 0) is 13.8 Å². The maximum absolute atomic E-state index is 11.5. The van der Waals surface area contributed by atoms with Crippen molar-refractivity contribution >= 4 is 11.7 Å². The Morgan fingerprint density at radius 1 is 1.59 bits per heavy atom. The van der Waals surface area contributed by atoms with Crippen molar-refractivity contribution in [3.05, 3.63) is 36.1 Å². The normalized spacial score (nSPS) is 11.5. The number of rotatable bonds is 5. The molecule has 2 N–H and O–H groups in total. The lowest BCUT2D eigenvalue weighted by Gasteiger charge is -2.05. The summed E-state index contributed by atoms with van der Waals surface area (Å²) in [7, 11) is 0. The Morgan fingerprint density at radius 3 is 3.00 bits per heavy atom. The monoisotopic (exact) mass is 235 g/mol. The highest BCUT2D eigenvalue weighted by Crippen LogP contribution is 2.09. The Labute approximate surface area is 100 Å².